The molecule has 3 aliphatic rings. The van der Waals surface area contributed by atoms with E-state index in [4.69, 9.17) is 0 Å². The van der Waals surface area contributed by atoms with Gasteiger partial charge in [-0.3, -0.25) is 14.7 Å². The van der Waals surface area contributed by atoms with Gasteiger partial charge in [0.05, 0.1) is 17.7 Å². The first kappa shape index (κ1) is 14.7. The molecule has 1 aliphatic carbocycles. The van der Waals surface area contributed by atoms with E-state index in [0.29, 0.717) is 26.2 Å². The van der Waals surface area contributed by atoms with Gasteiger partial charge in [0.1, 0.15) is 0 Å². The Morgan fingerprint density at radius 1 is 1.48 bits per heavy atom. The molecular weight excluding hydrogens is 294 g/mol. The molecule has 1 saturated carbocycles. The summed E-state index contributed by atoms with van der Waals surface area (Å²) in [6.45, 7) is 5.07. The van der Waals surface area contributed by atoms with E-state index in [0.717, 1.165) is 30.8 Å². The van der Waals surface area contributed by atoms with E-state index in [1.807, 2.05) is 17.9 Å². The van der Waals surface area contributed by atoms with Crippen LogP contribution in [0.2, 0.25) is 0 Å². The number of carbonyl (C=O) groups is 2. The lowest BCUT2D eigenvalue weighted by Gasteiger charge is -2.26. The van der Waals surface area contributed by atoms with Gasteiger partial charge in [-0.25, -0.2) is 0 Å². The zero-order valence-corrected chi connectivity index (χ0v) is 13.4. The van der Waals surface area contributed by atoms with Crippen LogP contribution in [0.4, 0.5) is 0 Å². The number of fused-ring (bicyclic) bond motifs is 1. The molecule has 0 unspecified atom stereocenters. The Kier molecular flexibility index (Phi) is 3.41. The highest BCUT2D eigenvalue weighted by Gasteiger charge is 2.56. The summed E-state index contributed by atoms with van der Waals surface area (Å²) < 4.78 is 0. The molecule has 2 atom stereocenters. The predicted molar refractivity (Wildman–Crippen MR) is 83.3 cm³/mol. The van der Waals surface area contributed by atoms with Crippen LogP contribution in [0.5, 0.6) is 0 Å². The van der Waals surface area contributed by atoms with E-state index >= 15 is 0 Å². The van der Waals surface area contributed by atoms with Crippen LogP contribution in [0.15, 0.2) is 6.07 Å². The number of amides is 2. The van der Waals surface area contributed by atoms with Crippen LogP contribution in [0.1, 0.15) is 24.2 Å². The summed E-state index contributed by atoms with van der Waals surface area (Å²) in [5, 5.41) is 13.4. The molecule has 3 heterocycles. The lowest BCUT2D eigenvalue weighted by Crippen LogP contribution is -2.47. The van der Waals surface area contributed by atoms with E-state index < -0.39 is 5.41 Å². The molecule has 3 N–H and O–H groups in total. The van der Waals surface area contributed by atoms with E-state index in [2.05, 4.69) is 20.8 Å². The molecule has 2 aliphatic heterocycles. The maximum atomic E-state index is 12.9. The summed E-state index contributed by atoms with van der Waals surface area (Å²) in [6, 6.07) is 1.93. The van der Waals surface area contributed by atoms with Crippen LogP contribution in [0, 0.1) is 24.2 Å². The third kappa shape index (κ3) is 2.52. The van der Waals surface area contributed by atoms with Gasteiger partial charge in [0.2, 0.25) is 11.8 Å². The molecule has 23 heavy (non-hydrogen) atoms. The van der Waals surface area contributed by atoms with Gasteiger partial charge in [0.25, 0.3) is 0 Å². The van der Waals surface area contributed by atoms with Crippen molar-refractivity contribution in [2.45, 2.75) is 26.3 Å². The summed E-state index contributed by atoms with van der Waals surface area (Å²) in [4.78, 5) is 27.1. The van der Waals surface area contributed by atoms with Crippen molar-refractivity contribution < 1.29 is 9.59 Å². The van der Waals surface area contributed by atoms with Gasteiger partial charge in [0, 0.05) is 43.7 Å². The summed E-state index contributed by atoms with van der Waals surface area (Å²) in [5.74, 6) is 0.716. The molecule has 0 bridgehead atoms. The number of nitrogens with zero attached hydrogens (tertiary/aromatic N) is 2. The van der Waals surface area contributed by atoms with Gasteiger partial charge >= 0.3 is 0 Å². The lowest BCUT2D eigenvalue weighted by molar-refractivity contribution is -0.134. The zero-order chi connectivity index (χ0) is 16.0. The van der Waals surface area contributed by atoms with E-state index in [1.165, 1.54) is 0 Å². The van der Waals surface area contributed by atoms with E-state index in [-0.39, 0.29) is 23.7 Å². The molecule has 1 aromatic rings. The van der Waals surface area contributed by atoms with Gasteiger partial charge in [-0.15, -0.1) is 0 Å². The highest BCUT2D eigenvalue weighted by atomic mass is 16.2. The van der Waals surface area contributed by atoms with Crippen molar-refractivity contribution in [3.8, 4) is 0 Å². The van der Waals surface area contributed by atoms with E-state index in [1.54, 1.807) is 0 Å². The zero-order valence-electron chi connectivity index (χ0n) is 13.4. The SMILES string of the molecule is Cc1cc(CNC(=O)[C@@]23CNC[C@@H]2CN(C(=O)C2CC2)C3)n[nH]1. The summed E-state index contributed by atoms with van der Waals surface area (Å²) in [6.07, 6.45) is 2.02. The minimum atomic E-state index is -0.476. The topological polar surface area (TPSA) is 90.1 Å². The van der Waals surface area contributed by atoms with Crippen molar-refractivity contribution >= 4 is 11.8 Å². The third-order valence-electron chi connectivity index (χ3n) is 5.41. The highest BCUT2D eigenvalue weighted by molar-refractivity contribution is 5.87. The molecule has 0 radical (unpaired) electrons. The molecule has 1 aromatic heterocycles. The number of carbonyl (C=O) groups excluding carboxylic acids is 2. The van der Waals surface area contributed by atoms with Crippen LogP contribution in [0.25, 0.3) is 0 Å². The molecule has 4 rings (SSSR count). The molecule has 0 spiro atoms. The molecule has 124 valence electrons. The van der Waals surface area contributed by atoms with Crippen molar-refractivity contribution in [2.75, 3.05) is 26.2 Å². The summed E-state index contributed by atoms with van der Waals surface area (Å²) in [5.41, 5.74) is 1.34. The van der Waals surface area contributed by atoms with Gasteiger partial charge in [-0.2, -0.15) is 5.10 Å². The Morgan fingerprint density at radius 3 is 3.00 bits per heavy atom. The monoisotopic (exact) mass is 317 g/mol. The molecule has 7 heteroatoms. The Labute approximate surface area is 135 Å². The predicted octanol–water partition coefficient (Wildman–Crippen LogP) is -0.208. The number of aromatic amines is 1. The second-order valence-electron chi connectivity index (χ2n) is 7.20. The summed E-state index contributed by atoms with van der Waals surface area (Å²) >= 11 is 0. The average molecular weight is 317 g/mol. The highest BCUT2D eigenvalue weighted by Crippen LogP contribution is 2.42. The average Bonchev–Trinajstić information content (AvgIpc) is 3.00. The maximum absolute atomic E-state index is 12.9. The second kappa shape index (κ2) is 5.33. The number of aromatic nitrogens is 2. The Balaban J connectivity index is 1.44. The number of nitrogens with one attached hydrogen (secondary N) is 3. The molecule has 7 nitrogen and oxygen atoms in total. The van der Waals surface area contributed by atoms with Gasteiger partial charge < -0.3 is 15.5 Å². The Morgan fingerprint density at radius 2 is 2.30 bits per heavy atom. The first-order chi connectivity index (χ1) is 11.1. The number of hydrogen-bond donors (Lipinski definition) is 3. The number of aryl methyl sites for hydroxylation is 1. The first-order valence-corrected chi connectivity index (χ1v) is 8.37. The number of rotatable bonds is 4. The van der Waals surface area contributed by atoms with Gasteiger partial charge in [0.15, 0.2) is 0 Å². The third-order valence-corrected chi connectivity index (χ3v) is 5.41. The normalized spacial score (nSPS) is 29.6. The fourth-order valence-corrected chi connectivity index (χ4v) is 3.91. The molecule has 3 fully saturated rings. The number of H-pyrrole nitrogens is 1. The fourth-order valence-electron chi connectivity index (χ4n) is 3.91. The van der Waals surface area contributed by atoms with Crippen molar-refractivity contribution in [2.24, 2.45) is 17.3 Å². The Bertz CT molecular complexity index is 638. The van der Waals surface area contributed by atoms with Crippen molar-refractivity contribution in [3.63, 3.8) is 0 Å². The minimum absolute atomic E-state index is 0.0410. The lowest BCUT2D eigenvalue weighted by atomic mass is 9.80. The summed E-state index contributed by atoms with van der Waals surface area (Å²) in [7, 11) is 0. The van der Waals surface area contributed by atoms with Gasteiger partial charge in [-0.1, -0.05) is 0 Å². The molecular formula is C16H23N5O2. The molecule has 2 saturated heterocycles. The van der Waals surface area contributed by atoms with Crippen LogP contribution in [-0.4, -0.2) is 53.1 Å². The largest absolute Gasteiger partial charge is 0.350 e. The van der Waals surface area contributed by atoms with Gasteiger partial charge in [-0.05, 0) is 25.8 Å². The maximum Gasteiger partial charge on any atom is 0.230 e. The van der Waals surface area contributed by atoms with Crippen LogP contribution >= 0.6 is 0 Å². The van der Waals surface area contributed by atoms with Crippen LogP contribution in [-0.2, 0) is 16.1 Å². The number of likely N-dealkylation sites (tertiary alicyclic amines) is 1. The van der Waals surface area contributed by atoms with Crippen molar-refractivity contribution in [3.05, 3.63) is 17.5 Å². The number of hydrogen-bond acceptors (Lipinski definition) is 4. The van der Waals surface area contributed by atoms with Crippen molar-refractivity contribution in [1.29, 1.82) is 0 Å². The van der Waals surface area contributed by atoms with E-state index in [9.17, 15) is 9.59 Å². The molecule has 2 amide bonds. The quantitative estimate of drug-likeness (QED) is 0.717. The first-order valence-electron chi connectivity index (χ1n) is 8.37. The van der Waals surface area contributed by atoms with Crippen molar-refractivity contribution in [1.82, 2.24) is 25.7 Å². The second-order valence-corrected chi connectivity index (χ2v) is 7.20. The molecule has 0 aromatic carbocycles. The fraction of sp³-hybridized carbons (Fsp3) is 0.688. The smallest absolute Gasteiger partial charge is 0.230 e. The van der Waals surface area contributed by atoms with Crippen LogP contribution in [0.3, 0.4) is 0 Å². The standard InChI is InChI=1S/C16H23N5O2/c1-10-4-13(20-19-10)6-18-15(23)16-8-17-5-12(16)7-21(9-16)14(22)11-2-3-11/h4,11-12,17H,2-3,5-9H2,1H3,(H,18,23)(H,19,20)/t12-,16-/m1/s1. The Hall–Kier alpha value is -1.89. The minimum Gasteiger partial charge on any atom is -0.350 e. The van der Waals surface area contributed by atoms with Crippen LogP contribution < -0.4 is 10.6 Å².